The first-order chi connectivity index (χ1) is 11.0. The van der Waals surface area contributed by atoms with Crippen molar-refractivity contribution in [2.24, 2.45) is 0 Å². The van der Waals surface area contributed by atoms with Crippen LogP contribution in [-0.4, -0.2) is 28.1 Å². The molecule has 1 aliphatic rings. The maximum Gasteiger partial charge on any atom is 0.269 e. The minimum Gasteiger partial charge on any atom is -0.311 e. The number of aromatic nitrogens is 1. The van der Waals surface area contributed by atoms with Crippen molar-refractivity contribution in [2.75, 3.05) is 17.2 Å². The van der Waals surface area contributed by atoms with Crippen molar-refractivity contribution in [2.45, 2.75) is 24.1 Å². The third-order valence-electron chi connectivity index (χ3n) is 3.61. The van der Waals surface area contributed by atoms with Gasteiger partial charge in [-0.1, -0.05) is 11.8 Å². The summed E-state index contributed by atoms with van der Waals surface area (Å²) in [5, 5.41) is 12.8. The second-order valence-electron chi connectivity index (χ2n) is 5.26. The van der Waals surface area contributed by atoms with Crippen molar-refractivity contribution in [3.63, 3.8) is 0 Å². The molecule has 0 spiro atoms. The number of thiazole rings is 1. The van der Waals surface area contributed by atoms with E-state index in [1.54, 1.807) is 17.0 Å². The fourth-order valence-electron chi connectivity index (χ4n) is 2.56. The van der Waals surface area contributed by atoms with E-state index in [1.807, 2.05) is 12.3 Å². The van der Waals surface area contributed by atoms with Gasteiger partial charge < -0.3 is 4.90 Å². The zero-order valence-electron chi connectivity index (χ0n) is 12.5. The topological polar surface area (TPSA) is 76.3 Å². The molecule has 3 rings (SSSR count). The summed E-state index contributed by atoms with van der Waals surface area (Å²) >= 11 is 2.97. The van der Waals surface area contributed by atoms with Crippen LogP contribution in [0.2, 0.25) is 0 Å². The number of hydrogen-bond donors (Lipinski definition) is 0. The number of carbonyl (C=O) groups is 1. The molecule has 0 atom stereocenters. The molecule has 2 heterocycles. The number of aryl methyl sites for hydroxylation is 2. The van der Waals surface area contributed by atoms with Gasteiger partial charge in [-0.3, -0.25) is 14.9 Å². The van der Waals surface area contributed by atoms with Gasteiger partial charge in [-0.15, -0.1) is 11.3 Å². The number of anilines is 1. The molecule has 2 aromatic rings. The third-order valence-corrected chi connectivity index (χ3v) is 5.73. The number of benzene rings is 1. The molecule has 0 bridgehead atoms. The Bertz CT molecular complexity index is 760. The number of non-ortho nitro benzene ring substituents is 1. The quantitative estimate of drug-likeness (QED) is 0.480. The highest BCUT2D eigenvalue weighted by Gasteiger charge is 2.24. The second kappa shape index (κ2) is 6.67. The average Bonchev–Trinajstić information content (AvgIpc) is 2.97. The number of carbonyl (C=O) groups excluding carboxylic acids is 1. The number of fused-ring (bicyclic) bond motifs is 1. The van der Waals surface area contributed by atoms with Crippen LogP contribution < -0.4 is 4.90 Å². The van der Waals surface area contributed by atoms with Gasteiger partial charge in [0.05, 0.1) is 10.7 Å². The Hall–Kier alpha value is -1.93. The Morgan fingerprint density at radius 2 is 2.35 bits per heavy atom. The van der Waals surface area contributed by atoms with Gasteiger partial charge >= 0.3 is 0 Å². The van der Waals surface area contributed by atoms with Gasteiger partial charge in [-0.2, -0.15) is 0 Å². The van der Waals surface area contributed by atoms with E-state index in [1.165, 1.54) is 29.2 Å². The summed E-state index contributed by atoms with van der Waals surface area (Å²) in [4.78, 5) is 29.1. The van der Waals surface area contributed by atoms with E-state index in [4.69, 9.17) is 0 Å². The predicted molar refractivity (Wildman–Crippen MR) is 91.3 cm³/mol. The first kappa shape index (κ1) is 15.9. The molecule has 0 saturated carbocycles. The Morgan fingerprint density at radius 3 is 3.04 bits per heavy atom. The molecular formula is C15H15N3O3S2. The molecule has 1 aliphatic heterocycles. The summed E-state index contributed by atoms with van der Waals surface area (Å²) in [6.07, 6.45) is 1.58. The van der Waals surface area contributed by atoms with Crippen molar-refractivity contribution < 1.29 is 9.72 Å². The highest BCUT2D eigenvalue weighted by Crippen LogP contribution is 2.31. The van der Waals surface area contributed by atoms with Crippen LogP contribution >= 0.6 is 23.1 Å². The number of nitro groups is 1. The summed E-state index contributed by atoms with van der Waals surface area (Å²) in [5.41, 5.74) is 2.70. The summed E-state index contributed by atoms with van der Waals surface area (Å²) in [6, 6.07) is 4.72. The molecule has 23 heavy (non-hydrogen) atoms. The summed E-state index contributed by atoms with van der Waals surface area (Å²) in [6.45, 7) is 2.58. The van der Waals surface area contributed by atoms with E-state index in [-0.39, 0.29) is 11.6 Å². The molecule has 0 unspecified atom stereocenters. The van der Waals surface area contributed by atoms with Crippen LogP contribution in [0.3, 0.4) is 0 Å². The lowest BCUT2D eigenvalue weighted by Gasteiger charge is -2.29. The van der Waals surface area contributed by atoms with Gasteiger partial charge in [0, 0.05) is 35.4 Å². The molecule has 1 aromatic carbocycles. The number of nitrogens with zero attached hydrogens (tertiary/aromatic N) is 3. The molecule has 0 radical (unpaired) electrons. The van der Waals surface area contributed by atoms with Crippen molar-refractivity contribution in [3.8, 4) is 0 Å². The van der Waals surface area contributed by atoms with E-state index < -0.39 is 4.92 Å². The van der Waals surface area contributed by atoms with Gasteiger partial charge in [-0.25, -0.2) is 4.98 Å². The molecule has 0 N–H and O–H groups in total. The number of rotatable bonds is 4. The zero-order valence-corrected chi connectivity index (χ0v) is 14.2. The van der Waals surface area contributed by atoms with Gasteiger partial charge in [0.25, 0.3) is 5.69 Å². The van der Waals surface area contributed by atoms with Crippen LogP contribution in [-0.2, 0) is 11.2 Å². The monoisotopic (exact) mass is 349 g/mol. The maximum atomic E-state index is 12.5. The molecule has 8 heteroatoms. The standard InChI is InChI=1S/C15H15N3O3S2/c1-10-8-22-15(16-10)23-9-14(19)17-6-2-3-11-7-12(18(20)21)4-5-13(11)17/h4-5,7-8H,2-3,6,9H2,1H3. The van der Waals surface area contributed by atoms with Crippen LogP contribution in [0.25, 0.3) is 0 Å². The third kappa shape index (κ3) is 3.53. The molecule has 0 aliphatic carbocycles. The minimum absolute atomic E-state index is 0.0117. The second-order valence-corrected chi connectivity index (χ2v) is 7.34. The van der Waals surface area contributed by atoms with E-state index in [2.05, 4.69) is 4.98 Å². The Morgan fingerprint density at radius 1 is 1.52 bits per heavy atom. The van der Waals surface area contributed by atoms with Crippen molar-refractivity contribution >= 4 is 40.4 Å². The molecule has 1 aromatic heterocycles. The highest BCUT2D eigenvalue weighted by atomic mass is 32.2. The van der Waals surface area contributed by atoms with Crippen molar-refractivity contribution in [1.82, 2.24) is 4.98 Å². The lowest BCUT2D eigenvalue weighted by Crippen LogP contribution is -2.36. The van der Waals surface area contributed by atoms with E-state index >= 15 is 0 Å². The minimum atomic E-state index is -0.401. The van der Waals surface area contributed by atoms with Crippen molar-refractivity contribution in [3.05, 3.63) is 45.0 Å². The van der Waals surface area contributed by atoms with Crippen LogP contribution in [0.15, 0.2) is 27.9 Å². The highest BCUT2D eigenvalue weighted by molar-refractivity contribution is 8.01. The predicted octanol–water partition coefficient (Wildman–Crippen LogP) is 3.43. The maximum absolute atomic E-state index is 12.5. The van der Waals surface area contributed by atoms with Gasteiger partial charge in [0.1, 0.15) is 0 Å². The zero-order chi connectivity index (χ0) is 16.4. The lowest BCUT2D eigenvalue weighted by molar-refractivity contribution is -0.384. The summed E-state index contributed by atoms with van der Waals surface area (Å²) in [7, 11) is 0. The number of nitro benzene ring substituents is 1. The van der Waals surface area contributed by atoms with Gasteiger partial charge in [0.15, 0.2) is 4.34 Å². The summed E-state index contributed by atoms with van der Waals surface area (Å²) in [5.74, 6) is 0.335. The number of thioether (sulfide) groups is 1. The molecule has 120 valence electrons. The molecule has 6 nitrogen and oxygen atoms in total. The van der Waals surface area contributed by atoms with Crippen LogP contribution in [0.1, 0.15) is 17.7 Å². The average molecular weight is 349 g/mol. The van der Waals surface area contributed by atoms with E-state index in [0.717, 1.165) is 34.1 Å². The number of hydrogen-bond acceptors (Lipinski definition) is 6. The largest absolute Gasteiger partial charge is 0.311 e. The fourth-order valence-corrected chi connectivity index (χ4v) is 4.28. The van der Waals surface area contributed by atoms with Crippen molar-refractivity contribution in [1.29, 1.82) is 0 Å². The molecule has 0 fully saturated rings. The van der Waals surface area contributed by atoms with E-state index in [9.17, 15) is 14.9 Å². The SMILES string of the molecule is Cc1csc(SCC(=O)N2CCCc3cc([N+](=O)[O-])ccc32)n1. The normalized spacial score (nSPS) is 13.7. The molecular weight excluding hydrogens is 334 g/mol. The first-order valence-corrected chi connectivity index (χ1v) is 9.04. The van der Waals surface area contributed by atoms with Crippen LogP contribution in [0.4, 0.5) is 11.4 Å². The summed E-state index contributed by atoms with van der Waals surface area (Å²) < 4.78 is 0.886. The Kier molecular flexibility index (Phi) is 4.63. The molecule has 1 amide bonds. The lowest BCUT2D eigenvalue weighted by atomic mass is 10.0. The van der Waals surface area contributed by atoms with Gasteiger partial charge in [-0.05, 0) is 31.4 Å². The Balaban J connectivity index is 1.74. The fraction of sp³-hybridized carbons (Fsp3) is 0.333. The van der Waals surface area contributed by atoms with Crippen LogP contribution in [0, 0.1) is 17.0 Å². The smallest absolute Gasteiger partial charge is 0.269 e. The van der Waals surface area contributed by atoms with E-state index in [0.29, 0.717) is 12.3 Å². The first-order valence-electron chi connectivity index (χ1n) is 7.17. The Labute approximate surface area is 141 Å². The van der Waals surface area contributed by atoms with Crippen LogP contribution in [0.5, 0.6) is 0 Å². The number of amides is 1. The van der Waals surface area contributed by atoms with Gasteiger partial charge in [0.2, 0.25) is 5.91 Å². The molecule has 0 saturated heterocycles.